The number of halogens is 1. The van der Waals surface area contributed by atoms with Crippen molar-refractivity contribution < 1.29 is 18.7 Å². The maximum Gasteiger partial charge on any atom is 0.237 e. The number of nitrogens with one attached hydrogen (secondary N) is 2. The molecule has 1 saturated heterocycles. The van der Waals surface area contributed by atoms with E-state index < -0.39 is 6.04 Å². The molecule has 2 amide bonds. The second-order valence-electron chi connectivity index (χ2n) is 7.38. The number of aromatic nitrogens is 2. The molecule has 3 heterocycles. The number of H-pyrrole nitrogens is 1. The predicted octanol–water partition coefficient (Wildman–Crippen LogP) is 0.833. The van der Waals surface area contributed by atoms with E-state index in [2.05, 4.69) is 15.5 Å². The summed E-state index contributed by atoms with van der Waals surface area (Å²) in [4.78, 5) is 29.0. The quantitative estimate of drug-likeness (QED) is 0.775. The molecule has 0 saturated carbocycles. The van der Waals surface area contributed by atoms with Crippen LogP contribution in [0.2, 0.25) is 0 Å². The average Bonchev–Trinajstić information content (AvgIpc) is 3.19. The van der Waals surface area contributed by atoms with Crippen LogP contribution < -0.4 is 10.1 Å². The minimum Gasteiger partial charge on any atom is -0.497 e. The van der Waals surface area contributed by atoms with Gasteiger partial charge in [-0.2, -0.15) is 5.10 Å². The zero-order valence-electron chi connectivity index (χ0n) is 16.3. The van der Waals surface area contributed by atoms with Gasteiger partial charge in [0.2, 0.25) is 11.8 Å². The Hall–Kier alpha value is -2.94. The highest BCUT2D eigenvalue weighted by molar-refractivity contribution is 5.89. The number of benzene rings is 1. The van der Waals surface area contributed by atoms with Crippen LogP contribution in [0.3, 0.4) is 0 Å². The Morgan fingerprint density at radius 1 is 1.38 bits per heavy atom. The highest BCUT2D eigenvalue weighted by atomic mass is 19.1. The molecule has 2 aliphatic rings. The summed E-state index contributed by atoms with van der Waals surface area (Å²) in [6.45, 7) is 2.37. The van der Waals surface area contributed by atoms with E-state index in [-0.39, 0.29) is 30.6 Å². The summed E-state index contributed by atoms with van der Waals surface area (Å²) in [6.07, 6.45) is 2.52. The van der Waals surface area contributed by atoms with Crippen molar-refractivity contribution in [1.29, 1.82) is 0 Å². The third-order valence-corrected chi connectivity index (χ3v) is 5.60. The fraction of sp³-hybridized carbons (Fsp3) is 0.450. The van der Waals surface area contributed by atoms with Crippen LogP contribution in [0.4, 0.5) is 4.39 Å². The summed E-state index contributed by atoms with van der Waals surface area (Å²) in [5, 5.41) is 9.79. The Kier molecular flexibility index (Phi) is 5.48. The lowest BCUT2D eigenvalue weighted by atomic mass is 10.0. The van der Waals surface area contributed by atoms with Crippen LogP contribution in [-0.4, -0.2) is 64.6 Å². The SMILES string of the molecule is COc1ccc(CN2CCNC(=O)[C@H]2CC(=O)N2CCc3[nH]ncc3C2)c(F)c1. The van der Waals surface area contributed by atoms with Crippen molar-refractivity contribution >= 4 is 11.8 Å². The van der Waals surface area contributed by atoms with Crippen molar-refractivity contribution in [2.24, 2.45) is 0 Å². The van der Waals surface area contributed by atoms with E-state index in [0.29, 0.717) is 37.5 Å². The van der Waals surface area contributed by atoms with Crippen LogP contribution in [0.1, 0.15) is 23.2 Å². The minimum atomic E-state index is -0.622. The topological polar surface area (TPSA) is 90.6 Å². The number of rotatable bonds is 5. The molecule has 154 valence electrons. The van der Waals surface area contributed by atoms with Gasteiger partial charge in [-0.25, -0.2) is 4.39 Å². The van der Waals surface area contributed by atoms with E-state index in [1.165, 1.54) is 13.2 Å². The number of methoxy groups -OCH3 is 1. The molecule has 2 aromatic rings. The largest absolute Gasteiger partial charge is 0.497 e. The summed E-state index contributed by atoms with van der Waals surface area (Å²) < 4.78 is 19.4. The number of carbonyl (C=O) groups excluding carboxylic acids is 2. The lowest BCUT2D eigenvalue weighted by molar-refractivity contribution is -0.139. The normalized spacial score (nSPS) is 19.6. The number of amides is 2. The minimum absolute atomic E-state index is 0.0663. The first-order valence-corrected chi connectivity index (χ1v) is 9.68. The van der Waals surface area contributed by atoms with Gasteiger partial charge in [0, 0.05) is 62.0 Å². The molecular formula is C20H24FN5O3. The van der Waals surface area contributed by atoms with Crippen molar-refractivity contribution in [3.05, 3.63) is 47.0 Å². The van der Waals surface area contributed by atoms with Gasteiger partial charge in [0.1, 0.15) is 11.6 Å². The van der Waals surface area contributed by atoms with E-state index >= 15 is 0 Å². The molecule has 4 rings (SSSR count). The van der Waals surface area contributed by atoms with Crippen LogP contribution in [0, 0.1) is 5.82 Å². The van der Waals surface area contributed by atoms with Crippen LogP contribution in [0.5, 0.6) is 5.75 Å². The zero-order valence-corrected chi connectivity index (χ0v) is 16.3. The van der Waals surface area contributed by atoms with Gasteiger partial charge in [-0.1, -0.05) is 6.07 Å². The van der Waals surface area contributed by atoms with Gasteiger partial charge < -0.3 is 15.0 Å². The summed E-state index contributed by atoms with van der Waals surface area (Å²) in [6, 6.07) is 4.06. The summed E-state index contributed by atoms with van der Waals surface area (Å²) >= 11 is 0. The molecule has 0 unspecified atom stereocenters. The Morgan fingerprint density at radius 3 is 3.03 bits per heavy atom. The maximum atomic E-state index is 14.4. The number of piperazine rings is 1. The zero-order chi connectivity index (χ0) is 20.4. The summed E-state index contributed by atoms with van der Waals surface area (Å²) in [5.41, 5.74) is 2.54. The Morgan fingerprint density at radius 2 is 2.24 bits per heavy atom. The lowest BCUT2D eigenvalue weighted by Gasteiger charge is -2.36. The van der Waals surface area contributed by atoms with Crippen molar-refractivity contribution in [3.8, 4) is 5.75 Å². The lowest BCUT2D eigenvalue weighted by Crippen LogP contribution is -2.56. The summed E-state index contributed by atoms with van der Waals surface area (Å²) in [5.74, 6) is -0.222. The smallest absolute Gasteiger partial charge is 0.237 e. The fourth-order valence-corrected chi connectivity index (χ4v) is 3.90. The highest BCUT2D eigenvalue weighted by Crippen LogP contribution is 2.22. The molecule has 0 bridgehead atoms. The van der Waals surface area contributed by atoms with E-state index in [0.717, 1.165) is 17.7 Å². The van der Waals surface area contributed by atoms with Gasteiger partial charge in [-0.3, -0.25) is 19.6 Å². The maximum absolute atomic E-state index is 14.4. The average molecular weight is 401 g/mol. The van der Waals surface area contributed by atoms with Crippen LogP contribution in [0.25, 0.3) is 0 Å². The number of fused-ring (bicyclic) bond motifs is 1. The molecule has 1 fully saturated rings. The molecule has 2 N–H and O–H groups in total. The molecule has 1 aromatic carbocycles. The Labute approximate surface area is 168 Å². The van der Waals surface area contributed by atoms with E-state index in [1.54, 1.807) is 23.2 Å². The van der Waals surface area contributed by atoms with Crippen molar-refractivity contribution in [3.63, 3.8) is 0 Å². The fourth-order valence-electron chi connectivity index (χ4n) is 3.90. The molecule has 2 aliphatic heterocycles. The van der Waals surface area contributed by atoms with Crippen molar-refractivity contribution in [1.82, 2.24) is 25.3 Å². The van der Waals surface area contributed by atoms with E-state index in [4.69, 9.17) is 4.74 Å². The first-order valence-electron chi connectivity index (χ1n) is 9.68. The molecule has 0 radical (unpaired) electrons. The monoisotopic (exact) mass is 401 g/mol. The Balaban J connectivity index is 1.45. The third-order valence-electron chi connectivity index (χ3n) is 5.60. The van der Waals surface area contributed by atoms with Gasteiger partial charge in [-0.15, -0.1) is 0 Å². The van der Waals surface area contributed by atoms with Gasteiger partial charge in [0.25, 0.3) is 0 Å². The van der Waals surface area contributed by atoms with Crippen LogP contribution in [-0.2, 0) is 29.1 Å². The van der Waals surface area contributed by atoms with E-state index in [9.17, 15) is 14.0 Å². The second-order valence-corrected chi connectivity index (χ2v) is 7.38. The number of hydrogen-bond acceptors (Lipinski definition) is 5. The molecule has 0 aliphatic carbocycles. The number of aromatic amines is 1. The van der Waals surface area contributed by atoms with Gasteiger partial charge in [0.15, 0.2) is 0 Å². The van der Waals surface area contributed by atoms with Crippen molar-refractivity contribution in [2.75, 3.05) is 26.7 Å². The first kappa shape index (κ1) is 19.4. The predicted molar refractivity (Wildman–Crippen MR) is 102 cm³/mol. The number of ether oxygens (including phenoxy) is 1. The molecule has 1 atom stereocenters. The van der Waals surface area contributed by atoms with Crippen LogP contribution >= 0.6 is 0 Å². The van der Waals surface area contributed by atoms with Gasteiger partial charge >= 0.3 is 0 Å². The molecule has 0 spiro atoms. The summed E-state index contributed by atoms with van der Waals surface area (Å²) in [7, 11) is 1.48. The second kappa shape index (κ2) is 8.20. The third kappa shape index (κ3) is 4.09. The molecular weight excluding hydrogens is 377 g/mol. The molecule has 8 nitrogen and oxygen atoms in total. The molecule has 29 heavy (non-hydrogen) atoms. The van der Waals surface area contributed by atoms with Gasteiger partial charge in [-0.05, 0) is 6.07 Å². The van der Waals surface area contributed by atoms with Crippen molar-refractivity contribution in [2.45, 2.75) is 32.0 Å². The molecule has 9 heteroatoms. The van der Waals surface area contributed by atoms with Crippen LogP contribution in [0.15, 0.2) is 24.4 Å². The number of nitrogens with zero attached hydrogens (tertiary/aromatic N) is 3. The van der Waals surface area contributed by atoms with E-state index in [1.807, 2.05) is 4.90 Å². The van der Waals surface area contributed by atoms with Gasteiger partial charge in [0.05, 0.1) is 25.8 Å². The Bertz CT molecular complexity index is 915. The first-order chi connectivity index (χ1) is 14.0. The number of hydrogen-bond donors (Lipinski definition) is 2. The highest BCUT2D eigenvalue weighted by Gasteiger charge is 2.34. The number of carbonyl (C=O) groups is 2. The molecule has 1 aromatic heterocycles. The standard InChI is InChI=1S/C20H24FN5O3/c1-29-15-3-2-13(16(21)8-15)11-25-7-5-22-20(28)18(25)9-19(27)26-6-4-17-14(12-26)10-23-24-17/h2-3,8,10,18H,4-7,9,11-12H2,1H3,(H,22,28)(H,23,24)/t18-/m1/s1.